The molecule has 4 heteroatoms. The smallest absolute Gasteiger partial charge is 0.0995 e. The summed E-state index contributed by atoms with van der Waals surface area (Å²) < 4.78 is 2.11. The summed E-state index contributed by atoms with van der Waals surface area (Å²) in [5.41, 5.74) is 4.82. The molecule has 2 aromatic heterocycles. The highest BCUT2D eigenvalue weighted by Gasteiger charge is 2.34. The number of halogens is 1. The Morgan fingerprint density at radius 3 is 2.52 bits per heavy atom. The summed E-state index contributed by atoms with van der Waals surface area (Å²) >= 11 is 6.17. The van der Waals surface area contributed by atoms with Gasteiger partial charge < -0.3 is 9.51 Å². The van der Waals surface area contributed by atoms with E-state index in [1.54, 1.807) is 0 Å². The van der Waals surface area contributed by atoms with Gasteiger partial charge in [0, 0.05) is 5.02 Å². The molecule has 0 radical (unpaired) electrons. The first kappa shape index (κ1) is 17.3. The molecule has 3 aromatic rings. The van der Waals surface area contributed by atoms with E-state index in [4.69, 9.17) is 11.6 Å². The number of imidazole rings is 1. The van der Waals surface area contributed by atoms with Crippen LogP contribution in [0.4, 0.5) is 0 Å². The van der Waals surface area contributed by atoms with Crippen LogP contribution in [0.5, 0.6) is 0 Å². The monoisotopic (exact) mass is 380 g/mol. The molecule has 0 bridgehead atoms. The summed E-state index contributed by atoms with van der Waals surface area (Å²) in [6.07, 6.45) is 10.1. The van der Waals surface area contributed by atoms with E-state index < -0.39 is 6.10 Å². The molecule has 2 aliphatic carbocycles. The van der Waals surface area contributed by atoms with Crippen molar-refractivity contribution < 1.29 is 5.11 Å². The minimum Gasteiger partial charge on any atom is -0.387 e. The zero-order valence-electron chi connectivity index (χ0n) is 15.4. The zero-order chi connectivity index (χ0) is 18.4. The van der Waals surface area contributed by atoms with Crippen LogP contribution in [-0.2, 0) is 0 Å². The minimum atomic E-state index is -0.418. The van der Waals surface area contributed by atoms with Crippen LogP contribution in [0, 0.1) is 5.92 Å². The van der Waals surface area contributed by atoms with Crippen LogP contribution >= 0.6 is 11.6 Å². The number of fused-ring (bicyclic) bond motifs is 1. The fraction of sp³-hybridized carbons (Fsp3) is 0.435. The maximum Gasteiger partial charge on any atom is 0.0995 e. The molecule has 1 N–H and O–H groups in total. The maximum atomic E-state index is 11.4. The molecule has 2 aliphatic rings. The Morgan fingerprint density at radius 2 is 1.78 bits per heavy atom. The fourth-order valence-corrected chi connectivity index (χ4v) is 5.03. The van der Waals surface area contributed by atoms with Gasteiger partial charge in [-0.25, -0.2) is 4.98 Å². The second-order valence-electron chi connectivity index (χ2n) is 8.25. The van der Waals surface area contributed by atoms with Crippen molar-refractivity contribution in [3.63, 3.8) is 0 Å². The Hall–Kier alpha value is -1.84. The van der Waals surface area contributed by atoms with Crippen molar-refractivity contribution in [2.24, 2.45) is 5.92 Å². The fourth-order valence-electron chi connectivity index (χ4n) is 4.83. The highest BCUT2D eigenvalue weighted by Crippen LogP contribution is 2.47. The molecule has 2 saturated carbocycles. The van der Waals surface area contributed by atoms with Gasteiger partial charge in [0.1, 0.15) is 0 Å². The summed E-state index contributed by atoms with van der Waals surface area (Å²) in [4.78, 5) is 4.31. The predicted octanol–water partition coefficient (Wildman–Crippen LogP) is 5.87. The first-order chi connectivity index (χ1) is 13.2. The van der Waals surface area contributed by atoms with Crippen molar-refractivity contribution in [3.05, 3.63) is 70.8 Å². The SMILES string of the molecule is OC(c1c(C2CC2)ccc2cncn12)C1CCC(c2cccc(Cl)c2)CC1. The second kappa shape index (κ2) is 6.96. The summed E-state index contributed by atoms with van der Waals surface area (Å²) in [7, 11) is 0. The van der Waals surface area contributed by atoms with Crippen LogP contribution in [0.25, 0.3) is 5.52 Å². The van der Waals surface area contributed by atoms with E-state index in [2.05, 4.69) is 33.7 Å². The lowest BCUT2D eigenvalue weighted by Crippen LogP contribution is -2.22. The van der Waals surface area contributed by atoms with Gasteiger partial charge in [-0.3, -0.25) is 0 Å². The average Bonchev–Trinajstić information content (AvgIpc) is 3.43. The van der Waals surface area contributed by atoms with Crippen LogP contribution in [0.15, 0.2) is 48.9 Å². The lowest BCUT2D eigenvalue weighted by molar-refractivity contribution is 0.0754. The molecule has 140 valence electrons. The van der Waals surface area contributed by atoms with Gasteiger partial charge in [-0.05, 0) is 85.6 Å². The normalized spacial score (nSPS) is 24.2. The van der Waals surface area contributed by atoms with Crippen LogP contribution in [0.2, 0.25) is 5.02 Å². The number of hydrogen-bond donors (Lipinski definition) is 1. The van der Waals surface area contributed by atoms with E-state index >= 15 is 0 Å². The Bertz CT molecular complexity index is 954. The standard InChI is InChI=1S/C23H25ClN2O/c24-19-3-1-2-18(12-19)15-4-8-17(9-5-15)23(27)22-21(16-6-7-16)11-10-20-13-25-14-26(20)22/h1-3,10-17,23,27H,4-9H2. The largest absolute Gasteiger partial charge is 0.387 e. The van der Waals surface area contributed by atoms with Gasteiger partial charge in [0.25, 0.3) is 0 Å². The zero-order valence-corrected chi connectivity index (χ0v) is 16.1. The van der Waals surface area contributed by atoms with Crippen molar-refractivity contribution in [1.82, 2.24) is 9.38 Å². The number of hydrogen-bond acceptors (Lipinski definition) is 2. The molecular weight excluding hydrogens is 356 g/mol. The number of nitrogens with zero attached hydrogens (tertiary/aromatic N) is 2. The van der Waals surface area contributed by atoms with Gasteiger partial charge in [-0.1, -0.05) is 29.8 Å². The van der Waals surface area contributed by atoms with E-state index in [-0.39, 0.29) is 0 Å². The molecule has 1 atom stereocenters. The number of benzene rings is 1. The molecule has 5 rings (SSSR count). The van der Waals surface area contributed by atoms with E-state index in [1.807, 2.05) is 24.7 Å². The van der Waals surface area contributed by atoms with Crippen molar-refractivity contribution in [2.75, 3.05) is 0 Å². The summed E-state index contributed by atoms with van der Waals surface area (Å²) in [5.74, 6) is 1.48. The van der Waals surface area contributed by atoms with Gasteiger partial charge in [-0.2, -0.15) is 0 Å². The summed E-state index contributed by atoms with van der Waals surface area (Å²) in [6.45, 7) is 0. The Balaban J connectivity index is 1.38. The van der Waals surface area contributed by atoms with E-state index in [1.165, 1.54) is 24.0 Å². The number of rotatable bonds is 4. The highest BCUT2D eigenvalue weighted by atomic mass is 35.5. The third-order valence-corrected chi connectivity index (χ3v) is 6.73. The van der Waals surface area contributed by atoms with Crippen LogP contribution in [0.3, 0.4) is 0 Å². The molecule has 0 spiro atoms. The molecule has 1 unspecified atom stereocenters. The van der Waals surface area contributed by atoms with Gasteiger partial charge in [0.05, 0.1) is 29.8 Å². The van der Waals surface area contributed by atoms with Gasteiger partial charge in [0.2, 0.25) is 0 Å². The van der Waals surface area contributed by atoms with Crippen molar-refractivity contribution in [2.45, 2.75) is 56.5 Å². The molecule has 27 heavy (non-hydrogen) atoms. The Morgan fingerprint density at radius 1 is 1.00 bits per heavy atom. The first-order valence-electron chi connectivity index (χ1n) is 10.1. The third-order valence-electron chi connectivity index (χ3n) is 6.49. The maximum absolute atomic E-state index is 11.4. The number of aliphatic hydroxyl groups is 1. The highest BCUT2D eigenvalue weighted by molar-refractivity contribution is 6.30. The number of pyridine rings is 1. The van der Waals surface area contributed by atoms with Gasteiger partial charge in [0.15, 0.2) is 0 Å². The third kappa shape index (κ3) is 3.28. The van der Waals surface area contributed by atoms with Crippen LogP contribution < -0.4 is 0 Å². The van der Waals surface area contributed by atoms with E-state index in [9.17, 15) is 5.11 Å². The Kier molecular flexibility index (Phi) is 4.45. The summed E-state index contributed by atoms with van der Waals surface area (Å²) in [5, 5.41) is 12.2. The minimum absolute atomic E-state index is 0.311. The molecule has 0 aliphatic heterocycles. The van der Waals surface area contributed by atoms with E-state index in [0.717, 1.165) is 41.9 Å². The van der Waals surface area contributed by atoms with Crippen LogP contribution in [-0.4, -0.2) is 14.5 Å². The number of aromatic nitrogens is 2. The predicted molar refractivity (Wildman–Crippen MR) is 108 cm³/mol. The molecular formula is C23H25ClN2O. The van der Waals surface area contributed by atoms with Gasteiger partial charge >= 0.3 is 0 Å². The topological polar surface area (TPSA) is 37.5 Å². The molecule has 1 aromatic carbocycles. The quantitative estimate of drug-likeness (QED) is 0.614. The van der Waals surface area contributed by atoms with Crippen LogP contribution in [0.1, 0.15) is 73.3 Å². The molecule has 2 heterocycles. The summed E-state index contributed by atoms with van der Waals surface area (Å²) in [6, 6.07) is 12.6. The lowest BCUT2D eigenvalue weighted by atomic mass is 9.75. The Labute approximate surface area is 165 Å². The molecule has 0 saturated heterocycles. The molecule has 2 fully saturated rings. The lowest BCUT2D eigenvalue weighted by Gasteiger charge is -2.33. The number of aliphatic hydroxyl groups excluding tert-OH is 1. The molecule has 0 amide bonds. The van der Waals surface area contributed by atoms with Crippen molar-refractivity contribution in [3.8, 4) is 0 Å². The average molecular weight is 381 g/mol. The van der Waals surface area contributed by atoms with Crippen molar-refractivity contribution >= 4 is 17.1 Å². The van der Waals surface area contributed by atoms with Crippen molar-refractivity contribution in [1.29, 1.82) is 0 Å². The second-order valence-corrected chi connectivity index (χ2v) is 8.68. The van der Waals surface area contributed by atoms with Gasteiger partial charge in [-0.15, -0.1) is 0 Å². The molecule has 3 nitrogen and oxygen atoms in total. The van der Waals surface area contributed by atoms with E-state index in [0.29, 0.717) is 17.8 Å². The first-order valence-corrected chi connectivity index (χ1v) is 10.5.